The zero-order valence-electron chi connectivity index (χ0n) is 32.7. The van der Waals surface area contributed by atoms with Crippen LogP contribution >= 0.6 is 7.82 Å². The van der Waals surface area contributed by atoms with Gasteiger partial charge >= 0.3 is 32.0 Å². The van der Waals surface area contributed by atoms with E-state index in [9.17, 15) is 48.5 Å². The van der Waals surface area contributed by atoms with E-state index in [1.807, 2.05) is 0 Å². The first-order valence-electron chi connectivity index (χ1n) is 18.2. The number of phosphoric ester groups is 1. The van der Waals surface area contributed by atoms with Crippen LogP contribution in [0.4, 0.5) is 20.1 Å². The summed E-state index contributed by atoms with van der Waals surface area (Å²) >= 11 is 0. The Kier molecular flexibility index (Phi) is 21.2. The molecule has 2 rings (SSSR count). The number of amides is 5. The van der Waals surface area contributed by atoms with Crippen molar-refractivity contribution in [2.24, 2.45) is 5.73 Å². The number of aliphatic hydroxyl groups is 2. The number of ether oxygens (including phenoxy) is 3. The summed E-state index contributed by atoms with van der Waals surface area (Å²) in [5.41, 5.74) is 4.34. The highest BCUT2D eigenvalue weighted by atomic mass is 31.2. The maximum absolute atomic E-state index is 12.5. The predicted molar refractivity (Wildman–Crippen MR) is 212 cm³/mol. The van der Waals surface area contributed by atoms with Gasteiger partial charge in [0.05, 0.1) is 6.10 Å². The fourth-order valence-electron chi connectivity index (χ4n) is 4.87. The van der Waals surface area contributed by atoms with Gasteiger partial charge in [-0.25, -0.2) is 23.7 Å². The van der Waals surface area contributed by atoms with Crippen LogP contribution in [0.25, 0.3) is 0 Å². The summed E-state index contributed by atoms with van der Waals surface area (Å²) in [5.74, 6) is -0.736. The number of nitrogens with one attached hydrogen (secondary N) is 2. The van der Waals surface area contributed by atoms with E-state index in [0.29, 0.717) is 37.1 Å². The molecule has 0 spiro atoms. The molecule has 0 aromatic heterocycles. The van der Waals surface area contributed by atoms with Crippen LogP contribution in [0.15, 0.2) is 85.0 Å². The van der Waals surface area contributed by atoms with Crippen molar-refractivity contribution in [2.75, 3.05) is 45.7 Å². The number of cyclic esters (lactones) is 1. The maximum Gasteiger partial charge on any atom is 0.469 e. The number of hydrogen-bond donors (Lipinski definition) is 7. The molecule has 19 nitrogen and oxygen atoms in total. The van der Waals surface area contributed by atoms with E-state index in [0.717, 1.165) is 0 Å². The molecule has 20 heteroatoms. The number of anilines is 1. The Balaban J connectivity index is 1.69. The first kappa shape index (κ1) is 48.8. The molecule has 1 heterocycles. The first-order valence-corrected chi connectivity index (χ1v) is 19.8. The number of rotatable bonds is 23. The van der Waals surface area contributed by atoms with Gasteiger partial charge in [-0.1, -0.05) is 54.7 Å². The van der Waals surface area contributed by atoms with Gasteiger partial charge in [0.2, 0.25) is 5.91 Å². The van der Waals surface area contributed by atoms with Gasteiger partial charge in [0.15, 0.2) is 0 Å². The molecule has 0 saturated heterocycles. The third-order valence-electron chi connectivity index (χ3n) is 8.14. The van der Waals surface area contributed by atoms with Crippen molar-refractivity contribution in [3.63, 3.8) is 0 Å². The summed E-state index contributed by atoms with van der Waals surface area (Å²) in [6.07, 6.45) is 11.2. The van der Waals surface area contributed by atoms with Crippen LogP contribution in [0.1, 0.15) is 44.6 Å². The van der Waals surface area contributed by atoms with Crippen LogP contribution in [0.5, 0.6) is 0 Å². The van der Waals surface area contributed by atoms with E-state index in [-0.39, 0.29) is 38.6 Å². The van der Waals surface area contributed by atoms with Crippen molar-refractivity contribution in [1.29, 1.82) is 0 Å². The number of urea groups is 1. The Morgan fingerprint density at radius 2 is 1.69 bits per heavy atom. The molecule has 320 valence electrons. The Bertz CT molecular complexity index is 1710. The normalized spacial score (nSPS) is 16.5. The smallest absolute Gasteiger partial charge is 0.455 e. The molecular weight excluding hydrogens is 781 g/mol. The minimum absolute atomic E-state index is 0.00404. The number of carbonyl (C=O) groups excluding carboxylic acids is 5. The van der Waals surface area contributed by atoms with Gasteiger partial charge < -0.3 is 60.4 Å². The van der Waals surface area contributed by atoms with Crippen molar-refractivity contribution in [1.82, 2.24) is 15.1 Å². The van der Waals surface area contributed by atoms with E-state index in [4.69, 9.17) is 24.5 Å². The molecule has 1 aliphatic rings. The van der Waals surface area contributed by atoms with Crippen molar-refractivity contribution >= 4 is 43.6 Å². The van der Waals surface area contributed by atoms with Gasteiger partial charge in [-0.2, -0.15) is 0 Å². The molecule has 0 unspecified atom stereocenters. The van der Waals surface area contributed by atoms with Crippen LogP contribution in [0.2, 0.25) is 0 Å². The summed E-state index contributed by atoms with van der Waals surface area (Å²) in [5, 5.41) is 26.6. The fourth-order valence-corrected chi connectivity index (χ4v) is 5.50. The van der Waals surface area contributed by atoms with Crippen LogP contribution < -0.4 is 16.4 Å². The number of esters is 1. The van der Waals surface area contributed by atoms with Crippen LogP contribution in [-0.2, 0) is 39.5 Å². The Morgan fingerprint density at radius 1 is 1.03 bits per heavy atom. The standard InChI is InChI=1S/C38H54N5O14P/c1-38(50,21-20-31-13-11-15-34(46)56-31)32(57-58(51,52)53)26-30(44)12-7-5-4-6-10-25-54-36(48)42(2)23-24-43(3)37(49)55-27-28-16-18-29(19-17-28)41-33(45)14-8-9-22-40-35(39)47/h4-7,10-12,15-21,30-32,44,50H,8-9,13-14,22-27H2,1-3H3,(H,41,45)(H3,39,40,47)(H2,51,52,53)/b5-4-,10-6-,12-7-,21-20+/t30-,31+,32+,38+/m1/s1. The molecule has 58 heavy (non-hydrogen) atoms. The van der Waals surface area contributed by atoms with E-state index in [1.54, 1.807) is 54.6 Å². The second kappa shape index (κ2) is 25.1. The van der Waals surface area contributed by atoms with Crippen LogP contribution in [0.3, 0.4) is 0 Å². The number of likely N-dealkylation sites (N-methyl/N-ethyl adjacent to an activating group) is 2. The molecule has 8 N–H and O–H groups in total. The summed E-state index contributed by atoms with van der Waals surface area (Å²) in [7, 11) is -2.02. The molecule has 1 aliphatic heterocycles. The lowest BCUT2D eigenvalue weighted by Gasteiger charge is -2.31. The number of aliphatic hydroxyl groups excluding tert-OH is 1. The Labute approximate surface area is 337 Å². The molecular formula is C38H54N5O14P. The number of primary amides is 1. The Morgan fingerprint density at radius 3 is 2.33 bits per heavy atom. The number of allylic oxidation sites excluding steroid dienone is 4. The first-order chi connectivity index (χ1) is 27.3. The lowest BCUT2D eigenvalue weighted by molar-refractivity contribution is -0.141. The highest BCUT2D eigenvalue weighted by molar-refractivity contribution is 7.46. The molecule has 1 aromatic carbocycles. The second-order valence-corrected chi connectivity index (χ2v) is 14.4. The summed E-state index contributed by atoms with van der Waals surface area (Å²) in [4.78, 5) is 80.3. The SMILES string of the molecule is CN(CCN(C)C(=O)OCc1ccc(NC(=O)CCCCNC(N)=O)cc1)C(=O)OC\C=C/C=C\C=C/[C@@H](O)C[C@H](OP(=O)(O)O)[C@@](C)(O)/C=C/[C@@H]1CC=CC(=O)O1. The highest BCUT2D eigenvalue weighted by Gasteiger charge is 2.37. The van der Waals surface area contributed by atoms with Gasteiger partial charge in [-0.15, -0.1) is 0 Å². The number of nitrogens with two attached hydrogens (primary N) is 1. The van der Waals surface area contributed by atoms with Crippen molar-refractivity contribution in [3.8, 4) is 0 Å². The fraction of sp³-hybridized carbons (Fsp3) is 0.447. The lowest BCUT2D eigenvalue weighted by atomic mass is 9.93. The Hall–Kier alpha value is -5.30. The van der Waals surface area contributed by atoms with Gasteiger partial charge in [-0.05, 0) is 49.6 Å². The van der Waals surface area contributed by atoms with Crippen molar-refractivity contribution in [2.45, 2.75) is 69.5 Å². The molecule has 4 atom stereocenters. The largest absolute Gasteiger partial charge is 0.469 e. The zero-order valence-corrected chi connectivity index (χ0v) is 33.6. The number of hydrogen-bond acceptors (Lipinski definition) is 12. The number of benzene rings is 1. The van der Waals surface area contributed by atoms with E-state index < -0.39 is 62.3 Å². The summed E-state index contributed by atoms with van der Waals surface area (Å²) in [6, 6.07) is 6.21. The average Bonchev–Trinajstić information content (AvgIpc) is 3.15. The van der Waals surface area contributed by atoms with Crippen molar-refractivity contribution < 1.29 is 67.3 Å². The van der Waals surface area contributed by atoms with E-state index in [1.165, 1.54) is 61.2 Å². The molecule has 0 fully saturated rings. The molecule has 0 aliphatic carbocycles. The molecule has 0 saturated carbocycles. The summed E-state index contributed by atoms with van der Waals surface area (Å²) in [6.45, 7) is 1.91. The highest BCUT2D eigenvalue weighted by Crippen LogP contribution is 2.41. The monoisotopic (exact) mass is 835 g/mol. The van der Waals surface area contributed by atoms with Gasteiger partial charge in [0.25, 0.3) is 0 Å². The van der Waals surface area contributed by atoms with Gasteiger partial charge in [0.1, 0.15) is 31.0 Å². The maximum atomic E-state index is 12.5. The third kappa shape index (κ3) is 21.3. The zero-order chi connectivity index (χ0) is 43.1. The lowest BCUT2D eigenvalue weighted by Crippen LogP contribution is -2.41. The number of unbranched alkanes of at least 4 members (excludes halogenated alkanes) is 1. The molecule has 0 bridgehead atoms. The van der Waals surface area contributed by atoms with Gasteiger partial charge in [0, 0.05) is 64.8 Å². The van der Waals surface area contributed by atoms with Crippen LogP contribution in [0, 0.1) is 0 Å². The van der Waals surface area contributed by atoms with E-state index in [2.05, 4.69) is 10.6 Å². The number of carbonyl (C=O) groups is 5. The number of phosphoric acid groups is 1. The topological polar surface area (TPSA) is 277 Å². The summed E-state index contributed by atoms with van der Waals surface area (Å²) < 4.78 is 31.9. The van der Waals surface area contributed by atoms with Crippen molar-refractivity contribution in [3.05, 3.63) is 90.6 Å². The number of nitrogens with zero attached hydrogens (tertiary/aromatic N) is 2. The molecule has 5 amide bonds. The quantitative estimate of drug-likeness (QED) is 0.0208. The third-order valence-corrected chi connectivity index (χ3v) is 8.67. The second-order valence-electron chi connectivity index (χ2n) is 13.3. The predicted octanol–water partition coefficient (Wildman–Crippen LogP) is 3.18. The van der Waals surface area contributed by atoms with Crippen LogP contribution in [-0.4, -0.2) is 124 Å². The molecule has 1 aromatic rings. The van der Waals surface area contributed by atoms with Gasteiger partial charge in [-0.3, -0.25) is 9.32 Å². The minimum atomic E-state index is -5.06. The minimum Gasteiger partial charge on any atom is -0.455 e. The molecule has 0 radical (unpaired) electrons. The average molecular weight is 836 g/mol. The van der Waals surface area contributed by atoms with E-state index >= 15 is 0 Å².